The number of ether oxygens (including phenoxy) is 1. The highest BCUT2D eigenvalue weighted by Gasteiger charge is 2.05. The van der Waals surface area contributed by atoms with Gasteiger partial charge in [0.05, 0.1) is 10.9 Å². The molecular weight excluding hydrogens is 246 g/mol. The summed E-state index contributed by atoms with van der Waals surface area (Å²) in [6, 6.07) is 14.0. The van der Waals surface area contributed by atoms with Crippen molar-refractivity contribution in [2.75, 3.05) is 0 Å². The Morgan fingerprint density at radius 3 is 2.53 bits per heavy atom. The predicted molar refractivity (Wildman–Crippen MR) is 69.6 cm³/mol. The van der Waals surface area contributed by atoms with Gasteiger partial charge < -0.3 is 9.15 Å². The first-order valence-corrected chi connectivity index (χ1v) is 5.62. The fraction of sp³-hybridized carbons (Fsp3) is 0. The Morgan fingerprint density at radius 2 is 1.74 bits per heavy atom. The van der Waals surface area contributed by atoms with Gasteiger partial charge in [0.1, 0.15) is 11.5 Å². The van der Waals surface area contributed by atoms with Crippen molar-refractivity contribution in [3.8, 4) is 11.5 Å². The zero-order valence-electron chi connectivity index (χ0n) is 9.75. The standard InChI is InChI=1S/C14H9NO4/c16-13-11-8-10(18-9-4-2-1-3-5-9)6-7-12(11)15-14(17)19-13/h1-8H,(H,15,17). The molecule has 0 saturated carbocycles. The molecule has 5 nitrogen and oxygen atoms in total. The van der Waals surface area contributed by atoms with Gasteiger partial charge in [-0.15, -0.1) is 0 Å². The zero-order chi connectivity index (χ0) is 13.2. The number of para-hydroxylation sites is 1. The Labute approximate surface area is 107 Å². The fourth-order valence-corrected chi connectivity index (χ4v) is 1.76. The molecule has 0 saturated heterocycles. The van der Waals surface area contributed by atoms with E-state index < -0.39 is 11.4 Å². The summed E-state index contributed by atoms with van der Waals surface area (Å²) in [5.41, 5.74) is -0.265. The summed E-state index contributed by atoms with van der Waals surface area (Å²) in [5, 5.41) is 0.271. The van der Waals surface area contributed by atoms with Crippen molar-refractivity contribution in [3.05, 3.63) is 69.5 Å². The third-order valence-corrected chi connectivity index (χ3v) is 2.61. The molecule has 0 aliphatic heterocycles. The van der Waals surface area contributed by atoms with E-state index in [9.17, 15) is 9.59 Å². The van der Waals surface area contributed by atoms with E-state index in [-0.39, 0.29) is 5.39 Å². The first-order valence-electron chi connectivity index (χ1n) is 5.62. The monoisotopic (exact) mass is 255 g/mol. The van der Waals surface area contributed by atoms with Gasteiger partial charge in [0.2, 0.25) is 0 Å². The van der Waals surface area contributed by atoms with E-state index in [1.165, 1.54) is 6.07 Å². The van der Waals surface area contributed by atoms with E-state index in [0.29, 0.717) is 17.0 Å². The molecule has 5 heteroatoms. The molecule has 0 unspecified atom stereocenters. The Bertz CT molecular complexity index is 833. The summed E-state index contributed by atoms with van der Waals surface area (Å²) in [7, 11) is 0. The van der Waals surface area contributed by atoms with Gasteiger partial charge >= 0.3 is 11.4 Å². The first-order chi connectivity index (χ1) is 9.22. The Balaban J connectivity index is 2.07. The number of benzene rings is 2. The topological polar surface area (TPSA) is 72.3 Å². The maximum atomic E-state index is 11.6. The van der Waals surface area contributed by atoms with Gasteiger partial charge in [-0.05, 0) is 30.3 Å². The highest BCUT2D eigenvalue weighted by Crippen LogP contribution is 2.22. The number of H-pyrrole nitrogens is 1. The van der Waals surface area contributed by atoms with Crippen LogP contribution in [0, 0.1) is 0 Å². The fourth-order valence-electron chi connectivity index (χ4n) is 1.76. The van der Waals surface area contributed by atoms with Crippen LogP contribution in [-0.4, -0.2) is 4.98 Å². The van der Waals surface area contributed by atoms with Crippen LogP contribution in [0.3, 0.4) is 0 Å². The second-order valence-corrected chi connectivity index (χ2v) is 3.92. The van der Waals surface area contributed by atoms with Crippen LogP contribution in [0.4, 0.5) is 0 Å². The average molecular weight is 255 g/mol. The normalized spacial score (nSPS) is 10.5. The minimum absolute atomic E-state index is 0.271. The van der Waals surface area contributed by atoms with Crippen LogP contribution >= 0.6 is 0 Å². The summed E-state index contributed by atoms with van der Waals surface area (Å²) in [4.78, 5) is 25.0. The summed E-state index contributed by atoms with van der Waals surface area (Å²) < 4.78 is 10.1. The van der Waals surface area contributed by atoms with Gasteiger partial charge in [0.25, 0.3) is 0 Å². The molecule has 0 radical (unpaired) electrons. The molecule has 3 rings (SSSR count). The van der Waals surface area contributed by atoms with Crippen molar-refractivity contribution < 1.29 is 9.15 Å². The van der Waals surface area contributed by atoms with Crippen molar-refractivity contribution in [1.29, 1.82) is 0 Å². The van der Waals surface area contributed by atoms with Crippen molar-refractivity contribution in [3.63, 3.8) is 0 Å². The molecular formula is C14H9NO4. The molecule has 94 valence electrons. The highest BCUT2D eigenvalue weighted by molar-refractivity contribution is 5.78. The van der Waals surface area contributed by atoms with Crippen molar-refractivity contribution in [1.82, 2.24) is 4.98 Å². The van der Waals surface area contributed by atoms with E-state index in [1.54, 1.807) is 24.3 Å². The smallest absolute Gasteiger partial charge is 0.419 e. The molecule has 0 aliphatic carbocycles. The Morgan fingerprint density at radius 1 is 0.947 bits per heavy atom. The van der Waals surface area contributed by atoms with Crippen LogP contribution in [-0.2, 0) is 0 Å². The molecule has 0 bridgehead atoms. The number of aromatic nitrogens is 1. The zero-order valence-corrected chi connectivity index (χ0v) is 9.75. The number of hydrogen-bond donors (Lipinski definition) is 1. The minimum Gasteiger partial charge on any atom is -0.457 e. The third-order valence-electron chi connectivity index (χ3n) is 2.61. The molecule has 0 spiro atoms. The Kier molecular flexibility index (Phi) is 2.64. The molecule has 0 atom stereocenters. The molecule has 3 aromatic rings. The Hall–Kier alpha value is -2.82. The first kappa shape index (κ1) is 11.3. The van der Waals surface area contributed by atoms with Crippen molar-refractivity contribution in [2.45, 2.75) is 0 Å². The molecule has 0 aliphatic rings. The van der Waals surface area contributed by atoms with Crippen LogP contribution in [0.5, 0.6) is 11.5 Å². The van der Waals surface area contributed by atoms with Crippen molar-refractivity contribution >= 4 is 10.9 Å². The third kappa shape index (κ3) is 2.26. The van der Waals surface area contributed by atoms with Gasteiger partial charge in [-0.3, -0.25) is 4.98 Å². The molecule has 1 heterocycles. The predicted octanol–water partition coefficient (Wildman–Crippen LogP) is 2.27. The van der Waals surface area contributed by atoms with Crippen LogP contribution in [0.25, 0.3) is 10.9 Å². The summed E-state index contributed by atoms with van der Waals surface area (Å²) in [5.74, 6) is 0.392. The highest BCUT2D eigenvalue weighted by atomic mass is 16.5. The summed E-state index contributed by atoms with van der Waals surface area (Å²) in [6.07, 6.45) is 0. The largest absolute Gasteiger partial charge is 0.457 e. The van der Waals surface area contributed by atoms with E-state index in [4.69, 9.17) is 4.74 Å². The maximum Gasteiger partial charge on any atom is 0.419 e. The molecule has 19 heavy (non-hydrogen) atoms. The summed E-state index contributed by atoms with van der Waals surface area (Å²) >= 11 is 0. The van der Waals surface area contributed by atoms with E-state index in [0.717, 1.165) is 0 Å². The van der Waals surface area contributed by atoms with Gasteiger partial charge in [-0.1, -0.05) is 18.2 Å². The molecule has 1 aromatic heterocycles. The van der Waals surface area contributed by atoms with Gasteiger partial charge in [0.15, 0.2) is 0 Å². The number of rotatable bonds is 2. The average Bonchev–Trinajstić information content (AvgIpc) is 2.40. The molecule has 0 amide bonds. The SMILES string of the molecule is O=c1[nH]c2ccc(Oc3ccccc3)cc2c(=O)o1. The summed E-state index contributed by atoms with van der Waals surface area (Å²) in [6.45, 7) is 0. The van der Waals surface area contributed by atoms with Crippen LogP contribution in [0.15, 0.2) is 62.5 Å². The lowest BCUT2D eigenvalue weighted by molar-refractivity contribution is 0.458. The number of hydrogen-bond acceptors (Lipinski definition) is 4. The number of fused-ring (bicyclic) bond motifs is 1. The lowest BCUT2D eigenvalue weighted by atomic mass is 10.2. The van der Waals surface area contributed by atoms with E-state index in [1.807, 2.05) is 18.2 Å². The molecule has 1 N–H and O–H groups in total. The number of nitrogens with one attached hydrogen (secondary N) is 1. The van der Waals surface area contributed by atoms with E-state index in [2.05, 4.69) is 9.40 Å². The lowest BCUT2D eigenvalue weighted by Crippen LogP contribution is -2.14. The quantitative estimate of drug-likeness (QED) is 0.762. The van der Waals surface area contributed by atoms with Gasteiger partial charge in [-0.2, -0.15) is 0 Å². The second-order valence-electron chi connectivity index (χ2n) is 3.92. The molecule has 2 aromatic carbocycles. The van der Waals surface area contributed by atoms with Gasteiger partial charge in [0, 0.05) is 0 Å². The second kappa shape index (κ2) is 4.45. The maximum absolute atomic E-state index is 11.6. The van der Waals surface area contributed by atoms with Crippen LogP contribution in [0.1, 0.15) is 0 Å². The molecule has 0 fully saturated rings. The number of aromatic amines is 1. The van der Waals surface area contributed by atoms with Crippen LogP contribution < -0.4 is 16.1 Å². The van der Waals surface area contributed by atoms with Crippen LogP contribution in [0.2, 0.25) is 0 Å². The van der Waals surface area contributed by atoms with Crippen molar-refractivity contribution in [2.24, 2.45) is 0 Å². The van der Waals surface area contributed by atoms with E-state index >= 15 is 0 Å². The lowest BCUT2D eigenvalue weighted by Gasteiger charge is -2.05. The minimum atomic E-state index is -0.769. The van der Waals surface area contributed by atoms with Gasteiger partial charge in [-0.25, -0.2) is 9.59 Å².